The van der Waals surface area contributed by atoms with Gasteiger partial charge in [0.1, 0.15) is 17.6 Å². The molecule has 2 aromatic rings. The van der Waals surface area contributed by atoms with Crippen LogP contribution in [0, 0.1) is 6.92 Å². The minimum atomic E-state index is -0.181. The molecule has 1 aromatic carbocycles. The van der Waals surface area contributed by atoms with Crippen molar-refractivity contribution in [3.63, 3.8) is 0 Å². The molecule has 1 unspecified atom stereocenters. The maximum Gasteiger partial charge on any atom is 0.227 e. The molecule has 0 spiro atoms. The Labute approximate surface area is 197 Å². The molecule has 182 valence electrons. The normalized spacial score (nSPS) is 16.5. The van der Waals surface area contributed by atoms with Gasteiger partial charge in [0.25, 0.3) is 0 Å². The second-order valence-corrected chi connectivity index (χ2v) is 8.71. The third-order valence-electron chi connectivity index (χ3n) is 6.66. The molecule has 1 aliphatic heterocycles. The molecule has 2 heterocycles. The molecule has 1 fully saturated rings. The van der Waals surface area contributed by atoms with E-state index in [-0.39, 0.29) is 17.4 Å². The quantitative estimate of drug-likeness (QED) is 0.554. The van der Waals surface area contributed by atoms with Crippen LogP contribution in [-0.2, 0) is 27.2 Å². The number of Topliss-reactive ketones (excluding diaryl/α,β-unsaturated/α-hetero) is 1. The zero-order valence-electron chi connectivity index (χ0n) is 20.5. The van der Waals surface area contributed by atoms with Gasteiger partial charge in [-0.25, -0.2) is 0 Å². The van der Waals surface area contributed by atoms with Crippen LogP contribution < -0.4 is 0 Å². The summed E-state index contributed by atoms with van der Waals surface area (Å²) in [4.78, 5) is 32.7. The summed E-state index contributed by atoms with van der Waals surface area (Å²) in [5.74, 6) is 1.01. The maximum atomic E-state index is 13.4. The van der Waals surface area contributed by atoms with Crippen LogP contribution >= 0.6 is 0 Å². The molecular formula is C26H39N3O4. The molecule has 0 saturated carbocycles. The fourth-order valence-electron chi connectivity index (χ4n) is 4.56. The highest BCUT2D eigenvalue weighted by atomic mass is 16.5. The van der Waals surface area contributed by atoms with Crippen molar-refractivity contribution in [2.75, 3.05) is 33.3 Å². The molecule has 0 radical (unpaired) electrons. The number of methoxy groups -OCH3 is 1. The number of ketones is 1. The smallest absolute Gasteiger partial charge is 0.227 e. The molecule has 0 bridgehead atoms. The molecule has 3 rings (SSSR count). The lowest BCUT2D eigenvalue weighted by Gasteiger charge is -2.41. The Balaban J connectivity index is 0.00000385. The zero-order chi connectivity index (χ0) is 23.3. The lowest BCUT2D eigenvalue weighted by molar-refractivity contribution is -0.135. The summed E-state index contributed by atoms with van der Waals surface area (Å²) in [6.45, 7) is 13.1. The Morgan fingerprint density at radius 2 is 2.00 bits per heavy atom. The van der Waals surface area contributed by atoms with Gasteiger partial charge in [-0.2, -0.15) is 0 Å². The second kappa shape index (κ2) is 12.0. The second-order valence-electron chi connectivity index (χ2n) is 8.71. The first-order chi connectivity index (χ1) is 15.4. The van der Waals surface area contributed by atoms with Crippen molar-refractivity contribution >= 4 is 22.6 Å². The molecule has 7 nitrogen and oxygen atoms in total. The van der Waals surface area contributed by atoms with Gasteiger partial charge in [-0.15, -0.1) is 0 Å². The van der Waals surface area contributed by atoms with Crippen LogP contribution in [0.5, 0.6) is 0 Å². The Kier molecular flexibility index (Phi) is 9.68. The number of nitrogens with zero attached hydrogens (tertiary/aromatic N) is 2. The first-order valence-corrected chi connectivity index (χ1v) is 11.7. The molecule has 7 heteroatoms. The molecule has 1 saturated heterocycles. The number of H-pyrrole nitrogens is 1. The van der Waals surface area contributed by atoms with Crippen molar-refractivity contribution < 1.29 is 19.8 Å². The third-order valence-corrected chi connectivity index (χ3v) is 6.66. The van der Waals surface area contributed by atoms with Crippen molar-refractivity contribution in [1.29, 1.82) is 0 Å². The number of fused-ring (bicyclic) bond motifs is 1. The van der Waals surface area contributed by atoms with E-state index in [1.807, 2.05) is 18.7 Å². The average molecular weight is 458 g/mol. The van der Waals surface area contributed by atoms with E-state index in [9.17, 15) is 9.59 Å². The summed E-state index contributed by atoms with van der Waals surface area (Å²) in [7, 11) is 1.61. The predicted molar refractivity (Wildman–Crippen MR) is 132 cm³/mol. The van der Waals surface area contributed by atoms with Crippen molar-refractivity contribution in [3.8, 4) is 0 Å². The van der Waals surface area contributed by atoms with Crippen LogP contribution in [-0.4, -0.2) is 71.3 Å². The number of aromatic amines is 1. The summed E-state index contributed by atoms with van der Waals surface area (Å²) in [5.41, 5.74) is 4.46. The van der Waals surface area contributed by atoms with Gasteiger partial charge in [-0.1, -0.05) is 26.5 Å². The van der Waals surface area contributed by atoms with Gasteiger partial charge in [-0.3, -0.25) is 14.5 Å². The van der Waals surface area contributed by atoms with E-state index in [2.05, 4.69) is 41.6 Å². The first-order valence-electron chi connectivity index (χ1n) is 11.7. The van der Waals surface area contributed by atoms with Gasteiger partial charge in [0.2, 0.25) is 5.91 Å². The van der Waals surface area contributed by atoms with E-state index in [1.165, 1.54) is 5.56 Å². The van der Waals surface area contributed by atoms with Crippen LogP contribution in [0.4, 0.5) is 0 Å². The summed E-state index contributed by atoms with van der Waals surface area (Å²) in [6, 6.07) is 6.25. The van der Waals surface area contributed by atoms with Crippen molar-refractivity contribution in [3.05, 3.63) is 47.4 Å². The minimum absolute atomic E-state index is 0. The number of hydrogen-bond acceptors (Lipinski definition) is 4. The number of benzene rings is 1. The molecule has 33 heavy (non-hydrogen) atoms. The van der Waals surface area contributed by atoms with Crippen LogP contribution in [0.1, 0.15) is 49.9 Å². The number of amides is 1. The highest BCUT2D eigenvalue weighted by Crippen LogP contribution is 2.26. The Morgan fingerprint density at radius 1 is 1.24 bits per heavy atom. The predicted octanol–water partition coefficient (Wildman–Crippen LogP) is 3.19. The zero-order valence-corrected chi connectivity index (χ0v) is 20.5. The molecular weight excluding hydrogens is 418 g/mol. The van der Waals surface area contributed by atoms with E-state index in [0.717, 1.165) is 48.1 Å². The Hall–Kier alpha value is -2.64. The third kappa shape index (κ3) is 6.24. The SMILES string of the molecule is C=C(OC)C1CN(CCCC(=O)CC)CCN1C(=O)Cc1c(C)[nH]c2ccc(CC)cc12.O. The van der Waals surface area contributed by atoms with Gasteiger partial charge in [0.15, 0.2) is 0 Å². The number of aromatic nitrogens is 1. The fourth-order valence-corrected chi connectivity index (χ4v) is 4.56. The van der Waals surface area contributed by atoms with Crippen molar-refractivity contribution in [1.82, 2.24) is 14.8 Å². The monoisotopic (exact) mass is 457 g/mol. The number of nitrogens with one attached hydrogen (secondary N) is 1. The van der Waals surface area contributed by atoms with Crippen LogP contribution in [0.2, 0.25) is 0 Å². The number of carbonyl (C=O) groups excluding carboxylic acids is 2. The Bertz CT molecular complexity index is 981. The van der Waals surface area contributed by atoms with E-state index in [4.69, 9.17) is 4.74 Å². The standard InChI is InChI=1S/C26H37N3O3.H2O/c1-6-20-10-11-24-23(15-20)22(18(3)27-24)16-26(31)29-14-13-28(12-8-9-21(30)7-2)17-25(29)19(4)32-5;/h10-11,15,25,27H,4,6-9,12-14,16-17H2,1-3,5H3;1H2. The largest absolute Gasteiger partial charge is 0.499 e. The van der Waals surface area contributed by atoms with E-state index in [0.29, 0.717) is 43.9 Å². The summed E-state index contributed by atoms with van der Waals surface area (Å²) >= 11 is 0. The van der Waals surface area contributed by atoms with E-state index >= 15 is 0 Å². The van der Waals surface area contributed by atoms with Crippen molar-refractivity contribution in [2.24, 2.45) is 0 Å². The highest BCUT2D eigenvalue weighted by Gasteiger charge is 2.33. The van der Waals surface area contributed by atoms with Gasteiger partial charge in [0.05, 0.1) is 13.5 Å². The number of rotatable bonds is 10. The van der Waals surface area contributed by atoms with Crippen LogP contribution in [0.25, 0.3) is 10.9 Å². The number of piperazine rings is 1. The topological polar surface area (TPSA) is 97.1 Å². The molecule has 1 aromatic heterocycles. The summed E-state index contributed by atoms with van der Waals surface area (Å²) in [5, 5.41) is 1.14. The number of aryl methyl sites for hydroxylation is 2. The summed E-state index contributed by atoms with van der Waals surface area (Å²) < 4.78 is 5.46. The molecule has 1 amide bonds. The van der Waals surface area contributed by atoms with E-state index in [1.54, 1.807) is 7.11 Å². The van der Waals surface area contributed by atoms with Gasteiger partial charge < -0.3 is 20.1 Å². The molecule has 1 atom stereocenters. The number of ether oxygens (including phenoxy) is 1. The van der Waals surface area contributed by atoms with Crippen molar-refractivity contribution in [2.45, 2.75) is 58.9 Å². The summed E-state index contributed by atoms with van der Waals surface area (Å²) in [6.07, 6.45) is 3.39. The molecule has 0 aliphatic carbocycles. The molecule has 3 N–H and O–H groups in total. The maximum absolute atomic E-state index is 13.4. The molecule has 1 aliphatic rings. The first kappa shape index (κ1) is 26.6. The van der Waals surface area contributed by atoms with Gasteiger partial charge >= 0.3 is 0 Å². The van der Waals surface area contributed by atoms with Crippen LogP contribution in [0.15, 0.2) is 30.5 Å². The highest BCUT2D eigenvalue weighted by molar-refractivity contribution is 5.90. The average Bonchev–Trinajstić information content (AvgIpc) is 3.12. The fraction of sp³-hybridized carbons (Fsp3) is 0.538. The van der Waals surface area contributed by atoms with Gasteiger partial charge in [0, 0.05) is 49.1 Å². The van der Waals surface area contributed by atoms with Crippen LogP contribution in [0.3, 0.4) is 0 Å². The lowest BCUT2D eigenvalue weighted by atomic mass is 10.0. The lowest BCUT2D eigenvalue weighted by Crippen LogP contribution is -2.56. The minimum Gasteiger partial charge on any atom is -0.499 e. The van der Waals surface area contributed by atoms with E-state index < -0.39 is 0 Å². The van der Waals surface area contributed by atoms with Gasteiger partial charge in [-0.05, 0) is 49.6 Å². The Morgan fingerprint density at radius 3 is 2.67 bits per heavy atom. The number of hydrogen-bond donors (Lipinski definition) is 1. The number of carbonyl (C=O) groups is 2.